The zero-order valence-corrected chi connectivity index (χ0v) is 13.3. The van der Waals surface area contributed by atoms with E-state index in [0.717, 1.165) is 5.56 Å². The molecule has 8 heteroatoms. The van der Waals surface area contributed by atoms with Gasteiger partial charge in [-0.25, -0.2) is 9.97 Å². The van der Waals surface area contributed by atoms with Gasteiger partial charge in [-0.15, -0.1) is 0 Å². The van der Waals surface area contributed by atoms with Gasteiger partial charge in [0.25, 0.3) is 11.5 Å². The summed E-state index contributed by atoms with van der Waals surface area (Å²) in [6, 6.07) is 8.98. The lowest BCUT2D eigenvalue weighted by Gasteiger charge is -2.14. The predicted molar refractivity (Wildman–Crippen MR) is 89.9 cm³/mol. The van der Waals surface area contributed by atoms with E-state index >= 15 is 0 Å². The highest BCUT2D eigenvalue weighted by molar-refractivity contribution is 5.95. The molecule has 0 aliphatic carbocycles. The summed E-state index contributed by atoms with van der Waals surface area (Å²) in [5.41, 5.74) is -0.0283. The number of H-pyrrole nitrogens is 1. The predicted octanol–water partition coefficient (Wildman–Crippen LogP) is 1.42. The number of hydrogen-bond donors (Lipinski definition) is 3. The molecule has 8 nitrogen and oxygen atoms in total. The maximum absolute atomic E-state index is 12.5. The molecule has 0 aliphatic heterocycles. The second-order valence-electron chi connectivity index (χ2n) is 5.31. The molecule has 0 radical (unpaired) electrons. The molecule has 1 atom stereocenters. The summed E-state index contributed by atoms with van der Waals surface area (Å²) in [6.07, 6.45) is 4.29. The molecule has 25 heavy (non-hydrogen) atoms. The number of aromatic hydroxyl groups is 1. The molecule has 0 aliphatic rings. The molecular formula is C17H15N5O3. The van der Waals surface area contributed by atoms with Gasteiger partial charge in [-0.2, -0.15) is 0 Å². The van der Waals surface area contributed by atoms with Gasteiger partial charge in [-0.05, 0) is 12.5 Å². The van der Waals surface area contributed by atoms with E-state index in [1.54, 1.807) is 6.92 Å². The Labute approximate surface area is 142 Å². The van der Waals surface area contributed by atoms with Crippen molar-refractivity contribution in [3.8, 4) is 17.3 Å². The summed E-state index contributed by atoms with van der Waals surface area (Å²) in [4.78, 5) is 38.7. The summed E-state index contributed by atoms with van der Waals surface area (Å²) in [5.74, 6) is -1.36. The van der Waals surface area contributed by atoms with Crippen LogP contribution in [0.25, 0.3) is 11.5 Å². The fourth-order valence-electron chi connectivity index (χ4n) is 2.26. The molecule has 126 valence electrons. The van der Waals surface area contributed by atoms with E-state index in [0.29, 0.717) is 0 Å². The van der Waals surface area contributed by atoms with Crippen molar-refractivity contribution in [1.82, 2.24) is 25.3 Å². The number of hydrogen-bond acceptors (Lipinski definition) is 6. The molecule has 0 fully saturated rings. The third-order valence-corrected chi connectivity index (χ3v) is 3.56. The van der Waals surface area contributed by atoms with Crippen LogP contribution in [0.3, 0.4) is 0 Å². The van der Waals surface area contributed by atoms with E-state index in [9.17, 15) is 14.7 Å². The van der Waals surface area contributed by atoms with E-state index in [4.69, 9.17) is 0 Å². The van der Waals surface area contributed by atoms with Crippen molar-refractivity contribution in [2.24, 2.45) is 0 Å². The molecule has 3 rings (SSSR count). The smallest absolute Gasteiger partial charge is 0.294 e. The number of aromatic amines is 1. The quantitative estimate of drug-likeness (QED) is 0.662. The molecule has 2 aromatic heterocycles. The molecule has 3 N–H and O–H groups in total. The van der Waals surface area contributed by atoms with Gasteiger partial charge in [0.15, 0.2) is 11.5 Å². The van der Waals surface area contributed by atoms with Gasteiger partial charge >= 0.3 is 0 Å². The normalized spacial score (nSPS) is 11.7. The summed E-state index contributed by atoms with van der Waals surface area (Å²) < 4.78 is 0. The number of rotatable bonds is 4. The van der Waals surface area contributed by atoms with Gasteiger partial charge in [-0.3, -0.25) is 14.6 Å². The van der Waals surface area contributed by atoms with Gasteiger partial charge in [0, 0.05) is 12.4 Å². The lowest BCUT2D eigenvalue weighted by Crippen LogP contribution is -2.29. The molecule has 2 heterocycles. The highest BCUT2D eigenvalue weighted by atomic mass is 16.3. The Kier molecular flexibility index (Phi) is 4.51. The molecule has 3 aromatic rings. The monoisotopic (exact) mass is 337 g/mol. The average molecular weight is 337 g/mol. The van der Waals surface area contributed by atoms with E-state index in [-0.39, 0.29) is 23.3 Å². The zero-order valence-electron chi connectivity index (χ0n) is 13.3. The van der Waals surface area contributed by atoms with E-state index in [1.165, 1.54) is 18.6 Å². The first-order chi connectivity index (χ1) is 12.1. The van der Waals surface area contributed by atoms with Crippen LogP contribution < -0.4 is 10.9 Å². The van der Waals surface area contributed by atoms with Gasteiger partial charge in [0.2, 0.25) is 5.75 Å². The van der Waals surface area contributed by atoms with Gasteiger partial charge in [0.1, 0.15) is 5.69 Å². The minimum atomic E-state index is -0.826. The van der Waals surface area contributed by atoms with Crippen molar-refractivity contribution < 1.29 is 9.90 Å². The first kappa shape index (κ1) is 16.3. The summed E-state index contributed by atoms with van der Waals surface area (Å²) in [6.45, 7) is 1.79. The molecule has 0 spiro atoms. The maximum atomic E-state index is 12.5. The van der Waals surface area contributed by atoms with E-state index in [2.05, 4.69) is 25.3 Å². The highest BCUT2D eigenvalue weighted by Crippen LogP contribution is 2.16. The van der Waals surface area contributed by atoms with Gasteiger partial charge < -0.3 is 15.4 Å². The van der Waals surface area contributed by atoms with Crippen molar-refractivity contribution in [1.29, 1.82) is 0 Å². The SMILES string of the molecule is C[C@@H](NC(=O)c1nc(-c2cnccn2)[nH]c(=O)c1O)c1ccccc1. The Morgan fingerprint density at radius 3 is 2.68 bits per heavy atom. The number of carbonyl (C=O) groups excluding carboxylic acids is 1. The van der Waals surface area contributed by atoms with Crippen LogP contribution in [0.1, 0.15) is 29.0 Å². The molecular weight excluding hydrogens is 322 g/mol. The molecule has 1 amide bonds. The fraction of sp³-hybridized carbons (Fsp3) is 0.118. The third kappa shape index (κ3) is 3.52. The zero-order chi connectivity index (χ0) is 17.8. The van der Waals surface area contributed by atoms with Crippen molar-refractivity contribution in [2.75, 3.05) is 0 Å². The van der Waals surface area contributed by atoms with E-state index < -0.39 is 17.2 Å². The van der Waals surface area contributed by atoms with Crippen LogP contribution in [-0.4, -0.2) is 30.9 Å². The Hall–Kier alpha value is -3.55. The average Bonchev–Trinajstić information content (AvgIpc) is 2.65. The van der Waals surface area contributed by atoms with E-state index in [1.807, 2.05) is 30.3 Å². The largest absolute Gasteiger partial charge is 0.501 e. The van der Waals surface area contributed by atoms with Crippen molar-refractivity contribution in [2.45, 2.75) is 13.0 Å². The molecule has 1 aromatic carbocycles. The highest BCUT2D eigenvalue weighted by Gasteiger charge is 2.20. The van der Waals surface area contributed by atoms with Crippen LogP contribution in [0.5, 0.6) is 5.75 Å². The summed E-state index contributed by atoms with van der Waals surface area (Å²) >= 11 is 0. The fourth-order valence-corrected chi connectivity index (χ4v) is 2.26. The lowest BCUT2D eigenvalue weighted by atomic mass is 10.1. The summed E-state index contributed by atoms with van der Waals surface area (Å²) in [7, 11) is 0. The number of benzene rings is 1. The minimum Gasteiger partial charge on any atom is -0.501 e. The van der Waals surface area contributed by atoms with Crippen LogP contribution in [-0.2, 0) is 0 Å². The van der Waals surface area contributed by atoms with Crippen LogP contribution in [0, 0.1) is 0 Å². The third-order valence-electron chi connectivity index (χ3n) is 3.56. The Morgan fingerprint density at radius 2 is 2.00 bits per heavy atom. The second-order valence-corrected chi connectivity index (χ2v) is 5.31. The van der Waals surface area contributed by atoms with Crippen LogP contribution in [0.4, 0.5) is 0 Å². The summed E-state index contributed by atoms with van der Waals surface area (Å²) in [5, 5.41) is 12.6. The molecule has 0 saturated heterocycles. The van der Waals surface area contributed by atoms with Gasteiger partial charge in [-0.1, -0.05) is 30.3 Å². The topological polar surface area (TPSA) is 121 Å². The molecule has 0 unspecified atom stereocenters. The number of amides is 1. The van der Waals surface area contributed by atoms with Crippen LogP contribution in [0.15, 0.2) is 53.7 Å². The lowest BCUT2D eigenvalue weighted by molar-refractivity contribution is 0.0931. The number of carbonyl (C=O) groups is 1. The standard InChI is InChI=1S/C17H15N5O3/c1-10(11-5-3-2-4-6-11)20-16(24)13-14(23)17(25)22-15(21-13)12-9-18-7-8-19-12/h2-10,23H,1H3,(H,20,24)(H,21,22,25)/t10-/m1/s1. The van der Waals surface area contributed by atoms with Crippen LogP contribution in [0.2, 0.25) is 0 Å². The number of nitrogens with one attached hydrogen (secondary N) is 2. The van der Waals surface area contributed by atoms with Crippen LogP contribution >= 0.6 is 0 Å². The molecule has 0 bridgehead atoms. The Balaban J connectivity index is 1.92. The number of nitrogens with zero attached hydrogens (tertiary/aromatic N) is 3. The second kappa shape index (κ2) is 6.91. The Morgan fingerprint density at radius 1 is 1.24 bits per heavy atom. The van der Waals surface area contributed by atoms with Gasteiger partial charge in [0.05, 0.1) is 12.2 Å². The minimum absolute atomic E-state index is 0.0495. The maximum Gasteiger partial charge on any atom is 0.294 e. The Bertz CT molecular complexity index is 942. The van der Waals surface area contributed by atoms with Crippen molar-refractivity contribution in [3.63, 3.8) is 0 Å². The molecule has 0 saturated carbocycles. The first-order valence-electron chi connectivity index (χ1n) is 7.51. The number of aromatic nitrogens is 4. The van der Waals surface area contributed by atoms with Crippen molar-refractivity contribution in [3.05, 3.63) is 70.5 Å². The van der Waals surface area contributed by atoms with Crippen molar-refractivity contribution >= 4 is 5.91 Å². The first-order valence-corrected chi connectivity index (χ1v) is 7.51.